The van der Waals surface area contributed by atoms with Gasteiger partial charge in [-0.1, -0.05) is 12.8 Å². The van der Waals surface area contributed by atoms with E-state index in [0.29, 0.717) is 23.4 Å². The van der Waals surface area contributed by atoms with Crippen LogP contribution in [0, 0.1) is 13.8 Å². The highest BCUT2D eigenvalue weighted by Crippen LogP contribution is 2.35. The standard InChI is InChI=1S/C14H21NO4S2/c1-4-19-14(16)12-9(2)10(3)20-13(12)15-21(17,18)11-7-5-6-8-11/h11,15H,4-8H2,1-3H3. The lowest BCUT2D eigenvalue weighted by atomic mass is 10.2. The zero-order valence-corrected chi connectivity index (χ0v) is 14.2. The number of carbonyl (C=O) groups excluding carboxylic acids is 1. The Balaban J connectivity index is 2.31. The van der Waals surface area contributed by atoms with E-state index in [9.17, 15) is 13.2 Å². The molecular weight excluding hydrogens is 310 g/mol. The van der Waals surface area contributed by atoms with E-state index < -0.39 is 16.0 Å². The van der Waals surface area contributed by atoms with Gasteiger partial charge >= 0.3 is 5.97 Å². The molecular formula is C14H21NO4S2. The maximum Gasteiger partial charge on any atom is 0.341 e. The maximum atomic E-state index is 12.4. The first-order chi connectivity index (χ1) is 9.86. The van der Waals surface area contributed by atoms with Crippen molar-refractivity contribution in [2.75, 3.05) is 11.3 Å². The van der Waals surface area contributed by atoms with Gasteiger partial charge in [-0.15, -0.1) is 11.3 Å². The number of aryl methyl sites for hydroxylation is 1. The number of thiophene rings is 1. The number of hydrogen-bond acceptors (Lipinski definition) is 5. The minimum absolute atomic E-state index is 0.266. The minimum Gasteiger partial charge on any atom is -0.462 e. The molecule has 0 aromatic carbocycles. The Morgan fingerprint density at radius 1 is 1.33 bits per heavy atom. The molecule has 0 radical (unpaired) electrons. The van der Waals surface area contributed by atoms with Crippen molar-refractivity contribution < 1.29 is 17.9 Å². The number of esters is 1. The van der Waals surface area contributed by atoms with Gasteiger partial charge in [0.15, 0.2) is 0 Å². The van der Waals surface area contributed by atoms with Gasteiger partial charge in [0.25, 0.3) is 0 Å². The van der Waals surface area contributed by atoms with Crippen molar-refractivity contribution >= 4 is 32.3 Å². The number of carbonyl (C=O) groups is 1. The van der Waals surface area contributed by atoms with Crippen LogP contribution in [0.5, 0.6) is 0 Å². The Bertz CT molecular complexity index is 628. The minimum atomic E-state index is -3.43. The van der Waals surface area contributed by atoms with Crippen LogP contribution in [0.1, 0.15) is 53.4 Å². The Morgan fingerprint density at radius 3 is 2.52 bits per heavy atom. The molecule has 0 bridgehead atoms. The Morgan fingerprint density at radius 2 is 1.95 bits per heavy atom. The summed E-state index contributed by atoms with van der Waals surface area (Å²) in [5.41, 5.74) is 1.13. The molecule has 1 heterocycles. The van der Waals surface area contributed by atoms with Crippen LogP contribution in [0.25, 0.3) is 0 Å². The Labute approximate surface area is 129 Å². The van der Waals surface area contributed by atoms with Crippen LogP contribution in [-0.4, -0.2) is 26.2 Å². The van der Waals surface area contributed by atoms with Crippen molar-refractivity contribution in [3.63, 3.8) is 0 Å². The summed E-state index contributed by atoms with van der Waals surface area (Å²) in [5.74, 6) is -0.469. The molecule has 1 aliphatic rings. The van der Waals surface area contributed by atoms with Crippen LogP contribution in [-0.2, 0) is 14.8 Å². The summed E-state index contributed by atoms with van der Waals surface area (Å²) in [6.45, 7) is 5.68. The maximum absolute atomic E-state index is 12.4. The monoisotopic (exact) mass is 331 g/mol. The summed E-state index contributed by atoms with van der Waals surface area (Å²) < 4.78 is 32.5. The molecule has 118 valence electrons. The zero-order valence-electron chi connectivity index (χ0n) is 12.6. The number of ether oxygens (including phenoxy) is 1. The quantitative estimate of drug-likeness (QED) is 0.841. The second-order valence-corrected chi connectivity index (χ2v) is 8.45. The van der Waals surface area contributed by atoms with Crippen molar-refractivity contribution in [1.29, 1.82) is 0 Å². The summed E-state index contributed by atoms with van der Waals surface area (Å²) >= 11 is 1.29. The molecule has 0 atom stereocenters. The number of rotatable bonds is 5. The average Bonchev–Trinajstić information content (AvgIpc) is 3.00. The third-order valence-electron chi connectivity index (χ3n) is 3.84. The van der Waals surface area contributed by atoms with E-state index >= 15 is 0 Å². The van der Waals surface area contributed by atoms with Crippen molar-refractivity contribution in [1.82, 2.24) is 0 Å². The predicted octanol–water partition coefficient (Wildman–Crippen LogP) is 3.23. The second-order valence-electron chi connectivity index (χ2n) is 5.26. The third-order valence-corrected chi connectivity index (χ3v) is 6.93. The van der Waals surface area contributed by atoms with Gasteiger partial charge in [0.2, 0.25) is 10.0 Å². The molecule has 7 heteroatoms. The molecule has 1 saturated carbocycles. The van der Waals surface area contributed by atoms with Crippen molar-refractivity contribution in [3.8, 4) is 0 Å². The normalized spacial score (nSPS) is 16.1. The fourth-order valence-electron chi connectivity index (χ4n) is 2.56. The Hall–Kier alpha value is -1.08. The lowest BCUT2D eigenvalue weighted by molar-refractivity contribution is 0.0527. The van der Waals surface area contributed by atoms with Crippen LogP contribution >= 0.6 is 11.3 Å². The largest absolute Gasteiger partial charge is 0.462 e. The van der Waals surface area contributed by atoms with E-state index in [1.807, 2.05) is 13.8 Å². The van der Waals surface area contributed by atoms with Gasteiger partial charge in [0.1, 0.15) is 5.00 Å². The van der Waals surface area contributed by atoms with E-state index in [1.54, 1.807) is 6.92 Å². The van der Waals surface area contributed by atoms with Crippen molar-refractivity contribution in [3.05, 3.63) is 16.0 Å². The molecule has 5 nitrogen and oxygen atoms in total. The zero-order chi connectivity index (χ0) is 15.6. The van der Waals surface area contributed by atoms with E-state index in [2.05, 4.69) is 4.72 Å². The first-order valence-corrected chi connectivity index (χ1v) is 9.51. The smallest absolute Gasteiger partial charge is 0.341 e. The molecule has 1 N–H and O–H groups in total. The molecule has 2 rings (SSSR count). The number of sulfonamides is 1. The highest BCUT2D eigenvalue weighted by atomic mass is 32.2. The molecule has 0 unspecified atom stereocenters. The van der Waals surface area contributed by atoms with Crippen LogP contribution in [0.3, 0.4) is 0 Å². The first-order valence-electron chi connectivity index (χ1n) is 7.15. The van der Waals surface area contributed by atoms with Gasteiger partial charge in [-0.05, 0) is 39.2 Å². The molecule has 1 aliphatic carbocycles. The fourth-order valence-corrected chi connectivity index (χ4v) is 5.46. The molecule has 1 aromatic heterocycles. The van der Waals surface area contributed by atoms with Crippen LogP contribution in [0.15, 0.2) is 0 Å². The van der Waals surface area contributed by atoms with E-state index in [4.69, 9.17) is 4.74 Å². The summed E-state index contributed by atoms with van der Waals surface area (Å²) in [4.78, 5) is 13.0. The van der Waals surface area contributed by atoms with Crippen LogP contribution < -0.4 is 4.72 Å². The Kier molecular flexibility index (Phi) is 4.93. The molecule has 0 amide bonds. The SMILES string of the molecule is CCOC(=O)c1c(NS(=O)(=O)C2CCCC2)sc(C)c1C. The highest BCUT2D eigenvalue weighted by Gasteiger charge is 2.31. The number of anilines is 1. The van der Waals surface area contributed by atoms with Gasteiger partial charge in [-0.2, -0.15) is 0 Å². The summed E-state index contributed by atoms with van der Waals surface area (Å²) in [6, 6.07) is 0. The fraction of sp³-hybridized carbons (Fsp3) is 0.643. The van der Waals surface area contributed by atoms with Gasteiger partial charge in [-0.25, -0.2) is 13.2 Å². The summed E-state index contributed by atoms with van der Waals surface area (Å²) in [7, 11) is -3.43. The predicted molar refractivity (Wildman–Crippen MR) is 84.5 cm³/mol. The van der Waals surface area contributed by atoms with Crippen LogP contribution in [0.4, 0.5) is 5.00 Å². The number of hydrogen-bond donors (Lipinski definition) is 1. The van der Waals surface area contributed by atoms with E-state index in [0.717, 1.165) is 23.3 Å². The molecule has 0 saturated heterocycles. The van der Waals surface area contributed by atoms with Gasteiger partial charge in [-0.3, -0.25) is 4.72 Å². The molecule has 0 spiro atoms. The molecule has 1 fully saturated rings. The highest BCUT2D eigenvalue weighted by molar-refractivity contribution is 7.93. The number of nitrogens with one attached hydrogen (secondary N) is 1. The van der Waals surface area contributed by atoms with Gasteiger partial charge in [0.05, 0.1) is 17.4 Å². The topological polar surface area (TPSA) is 72.5 Å². The lowest BCUT2D eigenvalue weighted by Gasteiger charge is -2.13. The summed E-state index contributed by atoms with van der Waals surface area (Å²) in [6.07, 6.45) is 3.26. The summed E-state index contributed by atoms with van der Waals surface area (Å²) in [5, 5.41) is 0.0330. The lowest BCUT2D eigenvalue weighted by Crippen LogP contribution is -2.25. The van der Waals surface area contributed by atoms with Gasteiger partial charge in [0, 0.05) is 4.88 Å². The molecule has 21 heavy (non-hydrogen) atoms. The average molecular weight is 331 g/mol. The first kappa shape index (κ1) is 16.3. The van der Waals surface area contributed by atoms with Crippen molar-refractivity contribution in [2.45, 2.75) is 51.7 Å². The van der Waals surface area contributed by atoms with E-state index in [-0.39, 0.29) is 11.9 Å². The van der Waals surface area contributed by atoms with Gasteiger partial charge < -0.3 is 4.74 Å². The molecule has 1 aromatic rings. The third kappa shape index (κ3) is 3.40. The molecule has 0 aliphatic heterocycles. The van der Waals surface area contributed by atoms with Crippen molar-refractivity contribution in [2.24, 2.45) is 0 Å². The second kappa shape index (κ2) is 6.36. The van der Waals surface area contributed by atoms with E-state index in [1.165, 1.54) is 11.3 Å². The van der Waals surface area contributed by atoms with Crippen LogP contribution in [0.2, 0.25) is 0 Å².